The molecular formula is C49H59N3O3. The molecule has 1 heterocycles. The number of urea groups is 2. The van der Waals surface area contributed by atoms with Crippen molar-refractivity contribution in [1.29, 1.82) is 0 Å². The van der Waals surface area contributed by atoms with E-state index in [-0.39, 0.29) is 6.10 Å². The summed E-state index contributed by atoms with van der Waals surface area (Å²) >= 11 is 0. The maximum absolute atomic E-state index is 11.5. The Morgan fingerprint density at radius 2 is 1.53 bits per heavy atom. The highest BCUT2D eigenvalue weighted by Gasteiger charge is 2.56. The predicted octanol–water partition coefficient (Wildman–Crippen LogP) is 12.9. The van der Waals surface area contributed by atoms with Gasteiger partial charge in [-0.25, -0.2) is 14.5 Å². The Labute approximate surface area is 327 Å². The lowest BCUT2D eigenvalue weighted by molar-refractivity contribution is 0.0382. The van der Waals surface area contributed by atoms with Crippen LogP contribution in [0.2, 0.25) is 0 Å². The number of carbonyl (C=O) groups is 2. The number of fused-ring (bicyclic) bond motifs is 5. The summed E-state index contributed by atoms with van der Waals surface area (Å²) in [6, 6.07) is 18.2. The Morgan fingerprint density at radius 3 is 2.27 bits per heavy atom. The van der Waals surface area contributed by atoms with Gasteiger partial charge in [-0.1, -0.05) is 142 Å². The molecule has 0 radical (unpaired) electrons. The second-order valence-corrected chi connectivity index (χ2v) is 18.5. The Hall–Kier alpha value is -4.16. The van der Waals surface area contributed by atoms with Crippen LogP contribution in [0.15, 0.2) is 100 Å². The van der Waals surface area contributed by atoms with Gasteiger partial charge >= 0.3 is 12.1 Å². The van der Waals surface area contributed by atoms with Crippen molar-refractivity contribution < 1.29 is 14.7 Å². The molecule has 4 aromatic carbocycles. The van der Waals surface area contributed by atoms with Gasteiger partial charge in [0.25, 0.3) is 0 Å². The molecular weight excluding hydrogens is 679 g/mol. The number of aliphatic hydroxyl groups is 1. The summed E-state index contributed by atoms with van der Waals surface area (Å²) in [6.07, 6.45) is 19.8. The number of hydrogen-bond acceptors (Lipinski definition) is 3. The van der Waals surface area contributed by atoms with Crippen molar-refractivity contribution in [2.24, 2.45) is 56.6 Å². The van der Waals surface area contributed by atoms with Gasteiger partial charge in [0, 0.05) is 6.54 Å². The Balaban J connectivity index is 0.000000156. The summed E-state index contributed by atoms with van der Waals surface area (Å²) in [7, 11) is 0. The van der Waals surface area contributed by atoms with Crippen LogP contribution in [-0.2, 0) is 6.42 Å². The summed E-state index contributed by atoms with van der Waals surface area (Å²) < 4.78 is 0. The van der Waals surface area contributed by atoms with E-state index in [0.717, 1.165) is 47.8 Å². The summed E-state index contributed by atoms with van der Waals surface area (Å²) in [5.41, 5.74) is 5.30. The van der Waals surface area contributed by atoms with Crippen molar-refractivity contribution in [3.63, 3.8) is 0 Å². The Bertz CT molecular complexity index is 2210. The molecule has 55 heavy (non-hydrogen) atoms. The molecule has 4 aromatic rings. The number of benzene rings is 4. The highest BCUT2D eigenvalue weighted by molar-refractivity contribution is 6.23. The van der Waals surface area contributed by atoms with E-state index >= 15 is 0 Å². The quantitative estimate of drug-likeness (QED) is 0.144. The third-order valence-corrected chi connectivity index (χ3v) is 15.1. The first-order chi connectivity index (χ1) is 26.4. The van der Waals surface area contributed by atoms with Gasteiger partial charge < -0.3 is 5.11 Å². The highest BCUT2D eigenvalue weighted by atomic mass is 16.3. The fourth-order valence-corrected chi connectivity index (χ4v) is 11.5. The molecule has 0 aromatic heterocycles. The van der Waals surface area contributed by atoms with Gasteiger partial charge in [-0.3, -0.25) is 0 Å². The molecule has 3 fully saturated rings. The minimum Gasteiger partial charge on any atom is -0.393 e. The first kappa shape index (κ1) is 37.7. The fourth-order valence-electron chi connectivity index (χ4n) is 11.5. The zero-order valence-electron chi connectivity index (χ0n) is 33.7. The van der Waals surface area contributed by atoms with E-state index < -0.39 is 12.1 Å². The number of hydrogen-bond donors (Lipinski definition) is 1. The molecule has 0 spiro atoms. The van der Waals surface area contributed by atoms with Gasteiger partial charge in [-0.2, -0.15) is 0 Å². The number of aryl methyl sites for hydroxylation is 1. The van der Waals surface area contributed by atoms with Crippen molar-refractivity contribution >= 4 is 44.4 Å². The zero-order valence-corrected chi connectivity index (χ0v) is 33.7. The molecule has 0 bridgehead atoms. The predicted molar refractivity (Wildman–Crippen MR) is 224 cm³/mol. The van der Waals surface area contributed by atoms with Gasteiger partial charge in [0.1, 0.15) is 0 Å². The van der Waals surface area contributed by atoms with E-state index in [4.69, 9.17) is 0 Å². The molecule has 3 saturated carbocycles. The number of azo groups is 1. The molecule has 0 unspecified atom stereocenters. The topological polar surface area (TPSA) is 82.3 Å². The number of nitrogens with zero attached hydrogens (tertiary/aromatic N) is 3. The van der Waals surface area contributed by atoms with E-state index in [1.54, 1.807) is 5.57 Å². The van der Waals surface area contributed by atoms with Gasteiger partial charge in [0.2, 0.25) is 0 Å². The molecule has 6 nitrogen and oxygen atoms in total. The van der Waals surface area contributed by atoms with Crippen molar-refractivity contribution in [3.8, 4) is 0 Å². The smallest absolute Gasteiger partial charge is 0.370 e. The normalized spacial score (nSPS) is 30.1. The van der Waals surface area contributed by atoms with Crippen LogP contribution in [-0.4, -0.2) is 34.7 Å². The third-order valence-electron chi connectivity index (χ3n) is 15.1. The number of rotatable bonds is 8. The monoisotopic (exact) mass is 737 g/mol. The second-order valence-electron chi connectivity index (χ2n) is 18.5. The molecule has 8 atom stereocenters. The maximum Gasteiger partial charge on any atom is 0.370 e. The Kier molecular flexibility index (Phi) is 10.1. The molecule has 288 valence electrons. The van der Waals surface area contributed by atoms with Crippen molar-refractivity contribution in [3.05, 3.63) is 95.6 Å². The SMILES string of the molecule is CC(C)[C@@H](C)/C=C/[C@@H](C)[C@H]1CC[C@H]2C3=CC=C4C[C@@H](O)CC[C@]4(C)[C@H]3CC[C@]12C.O=C1N=NC(=O)N1CCCc1cc2cccc3ccc4cccc1c4c32. The Morgan fingerprint density at radius 1 is 0.818 bits per heavy atom. The lowest BCUT2D eigenvalue weighted by Gasteiger charge is -2.55. The lowest BCUT2D eigenvalue weighted by atomic mass is 9.50. The summed E-state index contributed by atoms with van der Waals surface area (Å²) in [5.74, 6) is 4.38. The number of imide groups is 1. The van der Waals surface area contributed by atoms with Gasteiger partial charge in [-0.15, -0.1) is 0 Å². The highest BCUT2D eigenvalue weighted by Crippen LogP contribution is 2.66. The van der Waals surface area contributed by atoms with Crippen molar-refractivity contribution in [2.75, 3.05) is 6.54 Å². The molecule has 4 amide bonds. The first-order valence-electron chi connectivity index (χ1n) is 21.1. The molecule has 1 N–H and O–H groups in total. The average Bonchev–Trinajstić information content (AvgIpc) is 3.70. The van der Waals surface area contributed by atoms with Crippen LogP contribution in [0, 0.1) is 46.3 Å². The largest absolute Gasteiger partial charge is 0.393 e. The minimum absolute atomic E-state index is 0.116. The summed E-state index contributed by atoms with van der Waals surface area (Å²) in [5, 5.41) is 24.3. The van der Waals surface area contributed by atoms with Gasteiger partial charge in [0.05, 0.1) is 6.10 Å². The molecule has 4 aliphatic carbocycles. The number of allylic oxidation sites excluding steroid dienone is 5. The van der Waals surface area contributed by atoms with E-state index in [0.29, 0.717) is 35.6 Å². The zero-order chi connectivity index (χ0) is 38.6. The molecule has 9 rings (SSSR count). The molecule has 5 aliphatic rings. The molecule has 6 heteroatoms. The second kappa shape index (κ2) is 14.7. The van der Waals surface area contributed by atoms with Crippen LogP contribution in [0.4, 0.5) is 9.59 Å². The van der Waals surface area contributed by atoms with Crippen LogP contribution in [0.3, 0.4) is 0 Å². The van der Waals surface area contributed by atoms with Crippen molar-refractivity contribution in [2.45, 2.75) is 105 Å². The summed E-state index contributed by atoms with van der Waals surface area (Å²) in [4.78, 5) is 24.2. The van der Waals surface area contributed by atoms with E-state index in [1.165, 1.54) is 75.6 Å². The average molecular weight is 738 g/mol. The van der Waals surface area contributed by atoms with Crippen LogP contribution < -0.4 is 0 Å². The van der Waals surface area contributed by atoms with E-state index in [2.05, 4.69) is 131 Å². The molecule has 0 saturated heterocycles. The third kappa shape index (κ3) is 6.66. The lowest BCUT2D eigenvalue weighted by Crippen LogP contribution is -2.46. The fraction of sp³-hybridized carbons (Fsp3) is 0.510. The standard InChI is InChI=1S/C28H44O.C21H15N3O2/c1-18(2)19(3)7-8-20(4)24-11-12-25-23-10-9-21-17-22(29)13-15-27(21,5)26(23)14-16-28(24,25)6;25-20-22-23-21(26)24(20)11-3-7-15-12-16-6-1-4-13-9-10-14-5-2-8-17(15)19(14)18(13)16/h7-10,18-20,22,24-26,29H,11-17H2,1-6H3;1-2,4-6,8-10,12H,3,7,11H2/b8-7+;/t19-,20+,22-,24+,25-,26-,27-,28+;/m0./s1. The minimum atomic E-state index is -0.565. The van der Waals surface area contributed by atoms with E-state index in [9.17, 15) is 14.7 Å². The van der Waals surface area contributed by atoms with Crippen LogP contribution in [0.1, 0.15) is 98.5 Å². The van der Waals surface area contributed by atoms with Crippen LogP contribution >= 0.6 is 0 Å². The number of amides is 4. The van der Waals surface area contributed by atoms with E-state index in [1.807, 2.05) is 0 Å². The van der Waals surface area contributed by atoms with Crippen molar-refractivity contribution in [1.82, 2.24) is 4.90 Å². The van der Waals surface area contributed by atoms with Gasteiger partial charge in [-0.05, 0) is 142 Å². The van der Waals surface area contributed by atoms with Crippen LogP contribution in [0.25, 0.3) is 32.3 Å². The van der Waals surface area contributed by atoms with Gasteiger partial charge in [0.15, 0.2) is 0 Å². The maximum atomic E-state index is 11.5. The number of carbonyl (C=O) groups excluding carboxylic acids is 2. The first-order valence-corrected chi connectivity index (χ1v) is 21.1. The van der Waals surface area contributed by atoms with Crippen LogP contribution in [0.5, 0.6) is 0 Å². The number of aliphatic hydroxyl groups excluding tert-OH is 1. The molecule has 1 aliphatic heterocycles. The summed E-state index contributed by atoms with van der Waals surface area (Å²) in [6.45, 7) is 15.0.